The second-order valence-corrected chi connectivity index (χ2v) is 5.40. The minimum Gasteiger partial charge on any atom is -0.350 e. The van der Waals surface area contributed by atoms with Crippen molar-refractivity contribution in [2.45, 2.75) is 31.5 Å². The van der Waals surface area contributed by atoms with Crippen LogP contribution in [0.3, 0.4) is 0 Å². The van der Waals surface area contributed by atoms with E-state index in [2.05, 4.69) is 40.1 Å². The molecule has 1 aromatic rings. The van der Waals surface area contributed by atoms with Crippen LogP contribution in [-0.2, 0) is 7.05 Å². The maximum Gasteiger partial charge on any atom is 0.271 e. The molecule has 0 aliphatic rings. The van der Waals surface area contributed by atoms with Crippen molar-refractivity contribution in [3.8, 4) is 0 Å². The van der Waals surface area contributed by atoms with Gasteiger partial charge in [-0.25, -0.2) is 4.98 Å². The lowest BCUT2D eigenvalue weighted by Gasteiger charge is -2.19. The predicted octanol–water partition coefficient (Wildman–Crippen LogP) is 2.35. The number of nitrogens with one attached hydrogen (secondary N) is 1. The monoisotopic (exact) mass is 301 g/mol. The van der Waals surface area contributed by atoms with Gasteiger partial charge in [0.1, 0.15) is 5.69 Å². The molecule has 0 bridgehead atoms. The molecule has 4 nitrogen and oxygen atoms in total. The molecule has 1 atom stereocenters. The molecule has 0 aromatic carbocycles. The first-order valence-electron chi connectivity index (χ1n) is 5.98. The minimum atomic E-state index is -0.110. The Hall–Kier alpha value is -0.840. The highest BCUT2D eigenvalue weighted by Gasteiger charge is 2.17. The minimum absolute atomic E-state index is 0.110. The number of hydrogen-bond acceptors (Lipinski definition) is 2. The van der Waals surface area contributed by atoms with E-state index in [4.69, 9.17) is 0 Å². The first kappa shape index (κ1) is 14.2. The normalized spacial score (nSPS) is 12.8. The molecule has 0 saturated carbocycles. The van der Waals surface area contributed by atoms with Crippen LogP contribution < -0.4 is 5.32 Å². The summed E-state index contributed by atoms with van der Waals surface area (Å²) in [6.45, 7) is 4.98. The quantitative estimate of drug-likeness (QED) is 0.820. The molecule has 0 spiro atoms. The van der Waals surface area contributed by atoms with Gasteiger partial charge in [-0.1, -0.05) is 42.6 Å². The van der Waals surface area contributed by atoms with E-state index in [-0.39, 0.29) is 5.91 Å². The zero-order valence-corrected chi connectivity index (χ0v) is 12.2. The fourth-order valence-electron chi connectivity index (χ4n) is 1.78. The first-order chi connectivity index (χ1) is 8.08. The summed E-state index contributed by atoms with van der Waals surface area (Å²) in [4.78, 5) is 16.1. The molecule has 0 fully saturated rings. The fraction of sp³-hybridized carbons (Fsp3) is 0.667. The van der Waals surface area contributed by atoms with Crippen molar-refractivity contribution in [1.82, 2.24) is 14.9 Å². The number of halogens is 1. The van der Waals surface area contributed by atoms with Crippen LogP contribution in [0.25, 0.3) is 0 Å². The lowest BCUT2D eigenvalue weighted by molar-refractivity contribution is 0.0947. The fourth-order valence-corrected chi connectivity index (χ4v) is 2.69. The standard InChI is InChI=1S/C12H20BrN3O/c1-4-9(5-2)10(13)6-14-12(17)11-7-16(3)8-15-11/h7-10H,4-6H2,1-3H3,(H,14,17). The number of aryl methyl sites for hydroxylation is 1. The third kappa shape index (κ3) is 4.15. The van der Waals surface area contributed by atoms with Gasteiger partial charge in [0.15, 0.2) is 0 Å². The van der Waals surface area contributed by atoms with Gasteiger partial charge in [-0.2, -0.15) is 0 Å². The number of imidazole rings is 1. The third-order valence-electron chi connectivity index (χ3n) is 2.96. The van der Waals surface area contributed by atoms with E-state index in [0.717, 1.165) is 12.8 Å². The zero-order chi connectivity index (χ0) is 12.8. The highest BCUT2D eigenvalue weighted by molar-refractivity contribution is 9.09. The molecule has 1 unspecified atom stereocenters. The summed E-state index contributed by atoms with van der Waals surface area (Å²) in [6, 6.07) is 0. The van der Waals surface area contributed by atoms with Crippen molar-refractivity contribution in [1.29, 1.82) is 0 Å². The summed E-state index contributed by atoms with van der Waals surface area (Å²) in [6.07, 6.45) is 5.58. The number of carbonyl (C=O) groups excluding carboxylic acids is 1. The van der Waals surface area contributed by atoms with Gasteiger partial charge < -0.3 is 9.88 Å². The maximum absolute atomic E-state index is 11.8. The van der Waals surface area contributed by atoms with Crippen LogP contribution in [0.2, 0.25) is 0 Å². The van der Waals surface area contributed by atoms with Crippen LogP contribution in [0, 0.1) is 5.92 Å². The van der Waals surface area contributed by atoms with Crippen LogP contribution in [0.1, 0.15) is 37.2 Å². The number of nitrogens with zero attached hydrogens (tertiary/aromatic N) is 2. The van der Waals surface area contributed by atoms with Crippen molar-refractivity contribution in [2.24, 2.45) is 13.0 Å². The zero-order valence-electron chi connectivity index (χ0n) is 10.6. The summed E-state index contributed by atoms with van der Waals surface area (Å²) in [5.74, 6) is 0.486. The topological polar surface area (TPSA) is 46.9 Å². The van der Waals surface area contributed by atoms with E-state index in [1.165, 1.54) is 0 Å². The van der Waals surface area contributed by atoms with Crippen molar-refractivity contribution >= 4 is 21.8 Å². The van der Waals surface area contributed by atoms with Gasteiger partial charge in [-0.05, 0) is 5.92 Å². The average molecular weight is 302 g/mol. The summed E-state index contributed by atoms with van der Waals surface area (Å²) in [7, 11) is 1.85. The van der Waals surface area contributed by atoms with Crippen LogP contribution >= 0.6 is 15.9 Å². The molecule has 0 aliphatic carbocycles. The van der Waals surface area contributed by atoms with Gasteiger partial charge in [0.2, 0.25) is 0 Å². The maximum atomic E-state index is 11.8. The summed E-state index contributed by atoms with van der Waals surface area (Å²) >= 11 is 3.63. The van der Waals surface area contributed by atoms with Crippen molar-refractivity contribution < 1.29 is 4.79 Å². The average Bonchev–Trinajstić information content (AvgIpc) is 2.74. The Labute approximate surface area is 111 Å². The molecule has 1 heterocycles. The Balaban J connectivity index is 2.43. The second-order valence-electron chi connectivity index (χ2n) is 4.23. The number of aromatic nitrogens is 2. The molecular formula is C12H20BrN3O. The lowest BCUT2D eigenvalue weighted by atomic mass is 9.99. The molecule has 0 radical (unpaired) electrons. The third-order valence-corrected chi connectivity index (χ3v) is 4.03. The van der Waals surface area contributed by atoms with Gasteiger partial charge in [-0.3, -0.25) is 4.79 Å². The number of hydrogen-bond donors (Lipinski definition) is 1. The predicted molar refractivity (Wildman–Crippen MR) is 72.3 cm³/mol. The number of alkyl halides is 1. The summed E-state index contributed by atoms with van der Waals surface area (Å²) in [5.41, 5.74) is 0.469. The Morgan fingerprint density at radius 1 is 1.53 bits per heavy atom. The van der Waals surface area contributed by atoms with E-state index in [1.807, 2.05) is 7.05 Å². The molecule has 0 saturated heterocycles. The number of amides is 1. The molecular weight excluding hydrogens is 282 g/mol. The van der Waals surface area contributed by atoms with E-state index in [1.54, 1.807) is 17.1 Å². The van der Waals surface area contributed by atoms with Gasteiger partial charge in [0.05, 0.1) is 6.33 Å². The highest BCUT2D eigenvalue weighted by atomic mass is 79.9. The Morgan fingerprint density at radius 3 is 2.65 bits per heavy atom. The molecule has 17 heavy (non-hydrogen) atoms. The Bertz CT molecular complexity index is 360. The van der Waals surface area contributed by atoms with Crippen LogP contribution in [-0.4, -0.2) is 26.8 Å². The second kappa shape index (κ2) is 6.79. The molecule has 1 rings (SSSR count). The van der Waals surface area contributed by atoms with Crippen LogP contribution in [0.15, 0.2) is 12.5 Å². The molecule has 1 amide bonds. The van der Waals surface area contributed by atoms with E-state index in [9.17, 15) is 4.79 Å². The molecule has 0 aliphatic heterocycles. The molecule has 5 heteroatoms. The molecule has 1 N–H and O–H groups in total. The van der Waals surface area contributed by atoms with Crippen LogP contribution in [0.4, 0.5) is 0 Å². The van der Waals surface area contributed by atoms with Crippen molar-refractivity contribution in [3.63, 3.8) is 0 Å². The summed E-state index contributed by atoms with van der Waals surface area (Å²) < 4.78 is 1.77. The SMILES string of the molecule is CCC(CC)C(Br)CNC(=O)c1cn(C)cn1. The lowest BCUT2D eigenvalue weighted by Crippen LogP contribution is -2.33. The smallest absolute Gasteiger partial charge is 0.271 e. The largest absolute Gasteiger partial charge is 0.350 e. The van der Waals surface area contributed by atoms with Gasteiger partial charge in [0, 0.05) is 24.6 Å². The van der Waals surface area contributed by atoms with Crippen molar-refractivity contribution in [3.05, 3.63) is 18.2 Å². The molecule has 1 aromatic heterocycles. The summed E-state index contributed by atoms with van der Waals surface area (Å²) in [5, 5.41) is 2.90. The number of carbonyl (C=O) groups is 1. The Morgan fingerprint density at radius 2 is 2.18 bits per heavy atom. The van der Waals surface area contributed by atoms with Crippen LogP contribution in [0.5, 0.6) is 0 Å². The van der Waals surface area contributed by atoms with Gasteiger partial charge in [0.25, 0.3) is 5.91 Å². The highest BCUT2D eigenvalue weighted by Crippen LogP contribution is 2.19. The Kier molecular flexibility index (Phi) is 5.68. The van der Waals surface area contributed by atoms with E-state index in [0.29, 0.717) is 23.0 Å². The van der Waals surface area contributed by atoms with Gasteiger partial charge in [-0.15, -0.1) is 0 Å². The molecule has 96 valence electrons. The van der Waals surface area contributed by atoms with E-state index >= 15 is 0 Å². The van der Waals surface area contributed by atoms with Gasteiger partial charge >= 0.3 is 0 Å². The number of rotatable bonds is 6. The van der Waals surface area contributed by atoms with E-state index < -0.39 is 0 Å². The van der Waals surface area contributed by atoms with Crippen molar-refractivity contribution in [2.75, 3.05) is 6.54 Å². The first-order valence-corrected chi connectivity index (χ1v) is 6.90.